The van der Waals surface area contributed by atoms with Crippen LogP contribution in [-0.2, 0) is 9.53 Å². The van der Waals surface area contributed by atoms with Crippen LogP contribution in [0.25, 0.3) is 0 Å². The number of carboxylic acids is 1. The van der Waals surface area contributed by atoms with Crippen LogP contribution in [0.1, 0.15) is 52.9 Å². The number of fused-ring (bicyclic) bond motifs is 2. The van der Waals surface area contributed by atoms with Gasteiger partial charge in [0.1, 0.15) is 16.0 Å². The molecule has 7 heteroatoms. The van der Waals surface area contributed by atoms with Crippen LogP contribution in [0.3, 0.4) is 0 Å². The van der Waals surface area contributed by atoms with Crippen LogP contribution in [0.4, 0.5) is 0 Å². The summed E-state index contributed by atoms with van der Waals surface area (Å²) in [5.41, 5.74) is 0. The van der Waals surface area contributed by atoms with Crippen LogP contribution < -0.4 is 5.32 Å². The zero-order valence-corrected chi connectivity index (χ0v) is 13.6. The lowest BCUT2D eigenvalue weighted by molar-refractivity contribution is -0.143. The van der Waals surface area contributed by atoms with Gasteiger partial charge in [-0.15, -0.1) is 11.3 Å². The summed E-state index contributed by atoms with van der Waals surface area (Å²) >= 11 is 1.40. The first kappa shape index (κ1) is 15.1. The quantitative estimate of drug-likeness (QED) is 0.880. The molecule has 1 saturated heterocycles. The molecule has 1 amide bonds. The fourth-order valence-electron chi connectivity index (χ4n) is 4.31. The Bertz CT molecular complexity index is 625. The zero-order valence-electron chi connectivity index (χ0n) is 12.7. The molecule has 2 saturated carbocycles. The van der Waals surface area contributed by atoms with Crippen molar-refractivity contribution in [3.63, 3.8) is 0 Å². The van der Waals surface area contributed by atoms with E-state index < -0.39 is 5.97 Å². The molecule has 1 aromatic rings. The van der Waals surface area contributed by atoms with Crippen LogP contribution in [0.5, 0.6) is 0 Å². The summed E-state index contributed by atoms with van der Waals surface area (Å²) in [6.07, 6.45) is 6.08. The summed E-state index contributed by atoms with van der Waals surface area (Å²) in [4.78, 5) is 28.5. The van der Waals surface area contributed by atoms with E-state index in [1.807, 2.05) is 0 Å². The Balaban J connectivity index is 1.37. The number of nitrogens with one attached hydrogen (secondary N) is 1. The molecule has 23 heavy (non-hydrogen) atoms. The van der Waals surface area contributed by atoms with Gasteiger partial charge in [-0.1, -0.05) is 0 Å². The predicted octanol–water partition coefficient (Wildman–Crippen LogP) is 2.22. The fraction of sp³-hybridized carbons (Fsp3) is 0.688. The van der Waals surface area contributed by atoms with Crippen molar-refractivity contribution in [2.45, 2.75) is 44.2 Å². The number of nitrogens with zero attached hydrogens (tertiary/aromatic N) is 1. The maximum atomic E-state index is 12.4. The average Bonchev–Trinajstić information content (AvgIpc) is 3.28. The molecule has 1 aromatic heterocycles. The Morgan fingerprint density at radius 3 is 2.83 bits per heavy atom. The summed E-state index contributed by atoms with van der Waals surface area (Å²) in [6.45, 7) is 0.766. The van der Waals surface area contributed by atoms with Gasteiger partial charge in [0.05, 0.1) is 12.1 Å². The number of hydrogen-bond donors (Lipinski definition) is 2. The monoisotopic (exact) mass is 336 g/mol. The maximum Gasteiger partial charge on any atom is 0.306 e. The maximum absolute atomic E-state index is 12.4. The van der Waals surface area contributed by atoms with Crippen LogP contribution in [0.15, 0.2) is 6.20 Å². The van der Waals surface area contributed by atoms with Gasteiger partial charge in [0.15, 0.2) is 0 Å². The van der Waals surface area contributed by atoms with E-state index in [4.69, 9.17) is 4.74 Å². The topological polar surface area (TPSA) is 88.5 Å². The molecule has 1 aliphatic heterocycles. The number of hydrogen-bond acceptors (Lipinski definition) is 5. The lowest BCUT2D eigenvalue weighted by Gasteiger charge is -2.26. The van der Waals surface area contributed by atoms with Crippen molar-refractivity contribution in [3.05, 3.63) is 16.1 Å². The normalized spacial score (nSPS) is 35.6. The van der Waals surface area contributed by atoms with Gasteiger partial charge in [0.2, 0.25) is 0 Å². The molecular formula is C16H20N2O4S. The molecule has 6 nitrogen and oxygen atoms in total. The van der Waals surface area contributed by atoms with Gasteiger partial charge in [-0.3, -0.25) is 9.59 Å². The van der Waals surface area contributed by atoms with E-state index in [9.17, 15) is 14.7 Å². The molecule has 0 radical (unpaired) electrons. The summed E-state index contributed by atoms with van der Waals surface area (Å²) in [5, 5.41) is 13.2. The first-order valence-electron chi connectivity index (χ1n) is 8.23. The SMILES string of the molecule is O=C(N[C@@H]1C[C@H]2C[C@@H]1C[C@H]2C(=O)O)c1cnc(C2CCCO2)s1. The molecule has 4 rings (SSSR count). The number of ether oxygens (including phenoxy) is 1. The number of carbonyl (C=O) groups is 2. The van der Waals surface area contributed by atoms with Gasteiger partial charge in [-0.25, -0.2) is 4.98 Å². The van der Waals surface area contributed by atoms with Crippen molar-refractivity contribution < 1.29 is 19.4 Å². The number of carboxylic acid groups (broad SMARTS) is 1. The Hall–Kier alpha value is -1.47. The molecule has 5 atom stereocenters. The van der Waals surface area contributed by atoms with E-state index >= 15 is 0 Å². The lowest BCUT2D eigenvalue weighted by Crippen LogP contribution is -2.40. The predicted molar refractivity (Wildman–Crippen MR) is 83.3 cm³/mol. The first-order valence-corrected chi connectivity index (χ1v) is 9.04. The van der Waals surface area contributed by atoms with Crippen molar-refractivity contribution >= 4 is 23.2 Å². The molecule has 124 valence electrons. The third-order valence-corrected chi connectivity index (χ3v) is 6.53. The van der Waals surface area contributed by atoms with Gasteiger partial charge in [0, 0.05) is 12.6 Å². The summed E-state index contributed by atoms with van der Waals surface area (Å²) in [7, 11) is 0. The Labute approximate surface area is 138 Å². The molecule has 2 N–H and O–H groups in total. The Morgan fingerprint density at radius 2 is 2.17 bits per heavy atom. The molecule has 2 bridgehead atoms. The second kappa shape index (κ2) is 5.87. The van der Waals surface area contributed by atoms with E-state index in [0.717, 1.165) is 37.3 Å². The molecular weight excluding hydrogens is 316 g/mol. The number of thiazole rings is 1. The third-order valence-electron chi connectivity index (χ3n) is 5.44. The van der Waals surface area contributed by atoms with E-state index in [1.165, 1.54) is 11.3 Å². The standard InChI is InChI=1S/C16H20N2O4S/c19-14(13-7-17-15(23-13)12-2-1-3-22-12)18-11-6-8-4-9(11)5-10(8)16(20)21/h7-12H,1-6H2,(H,18,19)(H,20,21)/t8-,9-,10-,11-,12?/m1/s1. The zero-order chi connectivity index (χ0) is 16.0. The van der Waals surface area contributed by atoms with Crippen LogP contribution in [0, 0.1) is 17.8 Å². The molecule has 1 unspecified atom stereocenters. The number of rotatable bonds is 4. The summed E-state index contributed by atoms with van der Waals surface area (Å²) in [6, 6.07) is 0.108. The van der Waals surface area contributed by atoms with Crippen molar-refractivity contribution in [2.24, 2.45) is 17.8 Å². The smallest absolute Gasteiger partial charge is 0.306 e. The van der Waals surface area contributed by atoms with Crippen LogP contribution in [0.2, 0.25) is 0 Å². The first-order chi connectivity index (χ1) is 11.1. The minimum Gasteiger partial charge on any atom is -0.481 e. The van der Waals surface area contributed by atoms with E-state index in [2.05, 4.69) is 10.3 Å². The number of aromatic nitrogens is 1. The van der Waals surface area contributed by atoms with Gasteiger partial charge in [0.25, 0.3) is 5.91 Å². The Kier molecular flexibility index (Phi) is 3.85. The number of aliphatic carboxylic acids is 1. The van der Waals surface area contributed by atoms with Crippen molar-refractivity contribution in [2.75, 3.05) is 6.61 Å². The second-order valence-corrected chi connectivity index (χ2v) is 7.88. The largest absolute Gasteiger partial charge is 0.481 e. The van der Waals surface area contributed by atoms with Gasteiger partial charge in [-0.05, 0) is 43.9 Å². The van der Waals surface area contributed by atoms with Crippen molar-refractivity contribution in [1.82, 2.24) is 10.3 Å². The average molecular weight is 336 g/mol. The minimum atomic E-state index is -0.689. The number of carbonyl (C=O) groups excluding carboxylic acids is 1. The second-order valence-electron chi connectivity index (χ2n) is 6.82. The molecule has 0 aromatic carbocycles. The fourth-order valence-corrected chi connectivity index (χ4v) is 5.21. The summed E-state index contributed by atoms with van der Waals surface area (Å²) in [5.74, 6) is -0.480. The van der Waals surface area contributed by atoms with E-state index in [1.54, 1.807) is 6.20 Å². The number of amides is 1. The van der Waals surface area contributed by atoms with Crippen molar-refractivity contribution in [3.8, 4) is 0 Å². The minimum absolute atomic E-state index is 0.0420. The Morgan fingerprint density at radius 1 is 1.30 bits per heavy atom. The highest BCUT2D eigenvalue weighted by atomic mass is 32.1. The highest BCUT2D eigenvalue weighted by molar-refractivity contribution is 7.13. The highest BCUT2D eigenvalue weighted by Gasteiger charge is 2.49. The summed E-state index contributed by atoms with van der Waals surface area (Å²) < 4.78 is 5.60. The van der Waals surface area contributed by atoms with Gasteiger partial charge >= 0.3 is 5.97 Å². The molecule has 2 heterocycles. The molecule has 0 spiro atoms. The van der Waals surface area contributed by atoms with E-state index in [0.29, 0.717) is 17.2 Å². The van der Waals surface area contributed by atoms with Crippen molar-refractivity contribution in [1.29, 1.82) is 0 Å². The van der Waals surface area contributed by atoms with Gasteiger partial charge in [-0.2, -0.15) is 0 Å². The molecule has 3 fully saturated rings. The lowest BCUT2D eigenvalue weighted by atomic mass is 9.86. The third kappa shape index (κ3) is 2.76. The van der Waals surface area contributed by atoms with Gasteiger partial charge < -0.3 is 15.2 Å². The molecule has 3 aliphatic rings. The van der Waals surface area contributed by atoms with Crippen LogP contribution in [-0.4, -0.2) is 34.6 Å². The van der Waals surface area contributed by atoms with E-state index in [-0.39, 0.29) is 29.9 Å². The van der Waals surface area contributed by atoms with Crippen LogP contribution >= 0.6 is 11.3 Å². The molecule has 2 aliphatic carbocycles. The highest BCUT2D eigenvalue weighted by Crippen LogP contribution is 2.48.